The summed E-state index contributed by atoms with van der Waals surface area (Å²) in [5.74, 6) is 0.558. The van der Waals surface area contributed by atoms with Crippen LogP contribution >= 0.6 is 23.2 Å². The minimum atomic E-state index is 0.558. The predicted octanol–water partition coefficient (Wildman–Crippen LogP) is 4.20. The average molecular weight is 292 g/mol. The summed E-state index contributed by atoms with van der Waals surface area (Å²) < 4.78 is 1.85. The Morgan fingerprint density at radius 2 is 1.95 bits per heavy atom. The third-order valence-electron chi connectivity index (χ3n) is 2.99. The standard InChI is InChI=1S/C14H11Cl2N3/c1-8-2-5-12-18-13(14(17)19(12)7-8)10-6-9(15)3-4-11(10)16/h2-7H,17H2,1H3. The lowest BCUT2D eigenvalue weighted by Crippen LogP contribution is -1.94. The molecule has 0 saturated carbocycles. The Morgan fingerprint density at radius 1 is 1.16 bits per heavy atom. The molecule has 0 radical (unpaired) electrons. The molecule has 19 heavy (non-hydrogen) atoms. The molecule has 0 unspecified atom stereocenters. The highest BCUT2D eigenvalue weighted by Gasteiger charge is 2.14. The van der Waals surface area contributed by atoms with Crippen molar-refractivity contribution >= 4 is 34.7 Å². The number of rotatable bonds is 1. The number of aromatic nitrogens is 2. The number of nitrogens with two attached hydrogens (primary N) is 1. The zero-order chi connectivity index (χ0) is 13.6. The maximum absolute atomic E-state index is 6.20. The summed E-state index contributed by atoms with van der Waals surface area (Å²) in [5.41, 5.74) is 9.45. The van der Waals surface area contributed by atoms with E-state index in [0.717, 1.165) is 16.8 Å². The van der Waals surface area contributed by atoms with Crippen LogP contribution in [0.15, 0.2) is 36.5 Å². The highest BCUT2D eigenvalue weighted by atomic mass is 35.5. The molecule has 0 bridgehead atoms. The van der Waals surface area contributed by atoms with Gasteiger partial charge in [-0.15, -0.1) is 0 Å². The van der Waals surface area contributed by atoms with E-state index in [9.17, 15) is 0 Å². The molecular formula is C14H11Cl2N3. The van der Waals surface area contributed by atoms with Gasteiger partial charge >= 0.3 is 0 Å². The predicted molar refractivity (Wildman–Crippen MR) is 79.8 cm³/mol. The second kappa shape index (κ2) is 4.44. The van der Waals surface area contributed by atoms with Crippen molar-refractivity contribution in [2.24, 2.45) is 0 Å². The fourth-order valence-electron chi connectivity index (χ4n) is 2.05. The quantitative estimate of drug-likeness (QED) is 0.730. The first-order valence-corrected chi connectivity index (χ1v) is 6.51. The van der Waals surface area contributed by atoms with E-state index in [2.05, 4.69) is 4.98 Å². The summed E-state index contributed by atoms with van der Waals surface area (Å²) in [5, 5.41) is 1.18. The molecule has 3 nitrogen and oxygen atoms in total. The number of nitrogens with zero attached hydrogens (tertiary/aromatic N) is 2. The number of hydrogen-bond donors (Lipinski definition) is 1. The third-order valence-corrected chi connectivity index (χ3v) is 3.55. The highest BCUT2D eigenvalue weighted by molar-refractivity contribution is 6.35. The average Bonchev–Trinajstić information content (AvgIpc) is 2.70. The molecule has 0 aliphatic heterocycles. The normalized spacial score (nSPS) is 11.1. The van der Waals surface area contributed by atoms with E-state index in [-0.39, 0.29) is 0 Å². The molecular weight excluding hydrogens is 281 g/mol. The molecule has 3 rings (SSSR count). The maximum atomic E-state index is 6.20. The van der Waals surface area contributed by atoms with Gasteiger partial charge in [-0.1, -0.05) is 29.3 Å². The van der Waals surface area contributed by atoms with Crippen molar-refractivity contribution in [1.82, 2.24) is 9.38 Å². The summed E-state index contributed by atoms with van der Waals surface area (Å²) in [4.78, 5) is 4.52. The van der Waals surface area contributed by atoms with Gasteiger partial charge in [-0.05, 0) is 36.8 Å². The largest absolute Gasteiger partial charge is 0.383 e. The van der Waals surface area contributed by atoms with E-state index in [0.29, 0.717) is 21.6 Å². The lowest BCUT2D eigenvalue weighted by atomic mass is 10.1. The molecule has 5 heteroatoms. The molecule has 0 amide bonds. The van der Waals surface area contributed by atoms with E-state index >= 15 is 0 Å². The minimum absolute atomic E-state index is 0.558. The lowest BCUT2D eigenvalue weighted by Gasteiger charge is -2.03. The number of benzene rings is 1. The Balaban J connectivity index is 2.31. The lowest BCUT2D eigenvalue weighted by molar-refractivity contribution is 1.16. The van der Waals surface area contributed by atoms with Gasteiger partial charge in [0.2, 0.25) is 0 Å². The third kappa shape index (κ3) is 2.05. The van der Waals surface area contributed by atoms with Crippen LogP contribution in [0.4, 0.5) is 5.82 Å². The van der Waals surface area contributed by atoms with E-state index in [4.69, 9.17) is 28.9 Å². The molecule has 3 aromatic rings. The number of imidazole rings is 1. The van der Waals surface area contributed by atoms with Crippen LogP contribution in [0, 0.1) is 6.92 Å². The first-order chi connectivity index (χ1) is 9.06. The number of pyridine rings is 1. The van der Waals surface area contributed by atoms with Crippen LogP contribution in [0.2, 0.25) is 10.0 Å². The van der Waals surface area contributed by atoms with E-state index in [1.54, 1.807) is 18.2 Å². The van der Waals surface area contributed by atoms with Crippen molar-refractivity contribution in [3.05, 3.63) is 52.1 Å². The first kappa shape index (κ1) is 12.3. The number of nitrogen functional groups attached to an aromatic ring is 1. The van der Waals surface area contributed by atoms with Gasteiger partial charge < -0.3 is 5.73 Å². The minimum Gasteiger partial charge on any atom is -0.383 e. The van der Waals surface area contributed by atoms with Gasteiger partial charge in [-0.3, -0.25) is 4.40 Å². The summed E-state index contributed by atoms with van der Waals surface area (Å²) in [7, 11) is 0. The molecule has 2 aromatic heterocycles. The summed E-state index contributed by atoms with van der Waals surface area (Å²) in [6, 6.07) is 9.17. The molecule has 1 aromatic carbocycles. The van der Waals surface area contributed by atoms with Crippen molar-refractivity contribution in [3.63, 3.8) is 0 Å². The molecule has 96 valence electrons. The summed E-state index contributed by atoms with van der Waals surface area (Å²) in [6.45, 7) is 2.00. The van der Waals surface area contributed by atoms with Gasteiger partial charge in [0, 0.05) is 16.8 Å². The Hall–Kier alpha value is -1.71. The molecule has 0 spiro atoms. The Kier molecular flexibility index (Phi) is 2.88. The van der Waals surface area contributed by atoms with Gasteiger partial charge in [-0.2, -0.15) is 0 Å². The molecule has 0 atom stereocenters. The van der Waals surface area contributed by atoms with Crippen molar-refractivity contribution in [1.29, 1.82) is 0 Å². The van der Waals surface area contributed by atoms with E-state index in [1.165, 1.54) is 0 Å². The van der Waals surface area contributed by atoms with Gasteiger partial charge in [-0.25, -0.2) is 4.98 Å². The highest BCUT2D eigenvalue weighted by Crippen LogP contribution is 2.34. The van der Waals surface area contributed by atoms with Gasteiger partial charge in [0.25, 0.3) is 0 Å². The zero-order valence-electron chi connectivity index (χ0n) is 10.2. The first-order valence-electron chi connectivity index (χ1n) is 5.76. The maximum Gasteiger partial charge on any atom is 0.139 e. The number of hydrogen-bond acceptors (Lipinski definition) is 2. The van der Waals surface area contributed by atoms with Crippen molar-refractivity contribution in [3.8, 4) is 11.3 Å². The molecule has 0 saturated heterocycles. The van der Waals surface area contributed by atoms with Crippen LogP contribution in [0.5, 0.6) is 0 Å². The molecule has 0 aliphatic rings. The summed E-state index contributed by atoms with van der Waals surface area (Å²) >= 11 is 12.2. The van der Waals surface area contributed by atoms with Crippen molar-refractivity contribution < 1.29 is 0 Å². The van der Waals surface area contributed by atoms with Crippen LogP contribution < -0.4 is 5.73 Å². The van der Waals surface area contributed by atoms with E-state index < -0.39 is 0 Å². The molecule has 0 fully saturated rings. The Morgan fingerprint density at radius 3 is 2.74 bits per heavy atom. The van der Waals surface area contributed by atoms with Gasteiger partial charge in [0.15, 0.2) is 0 Å². The fourth-order valence-corrected chi connectivity index (χ4v) is 2.43. The molecule has 0 aliphatic carbocycles. The van der Waals surface area contributed by atoms with Crippen LogP contribution in [0.3, 0.4) is 0 Å². The van der Waals surface area contributed by atoms with Crippen LogP contribution in [0.25, 0.3) is 16.9 Å². The number of aryl methyl sites for hydroxylation is 1. The second-order valence-corrected chi connectivity index (χ2v) is 5.25. The van der Waals surface area contributed by atoms with Crippen molar-refractivity contribution in [2.45, 2.75) is 6.92 Å². The number of halogens is 2. The second-order valence-electron chi connectivity index (χ2n) is 4.40. The Bertz CT molecular complexity index is 778. The topological polar surface area (TPSA) is 43.3 Å². The number of anilines is 1. The van der Waals surface area contributed by atoms with Gasteiger partial charge in [0.1, 0.15) is 17.2 Å². The van der Waals surface area contributed by atoms with Crippen LogP contribution in [0.1, 0.15) is 5.56 Å². The Labute approximate surface area is 120 Å². The summed E-state index contributed by atoms with van der Waals surface area (Å²) in [6.07, 6.45) is 1.94. The van der Waals surface area contributed by atoms with E-state index in [1.807, 2.05) is 29.7 Å². The van der Waals surface area contributed by atoms with Crippen molar-refractivity contribution in [2.75, 3.05) is 5.73 Å². The fraction of sp³-hybridized carbons (Fsp3) is 0.0714. The van der Waals surface area contributed by atoms with Gasteiger partial charge in [0.05, 0.1) is 5.02 Å². The van der Waals surface area contributed by atoms with Crippen LogP contribution in [-0.2, 0) is 0 Å². The smallest absolute Gasteiger partial charge is 0.139 e. The monoisotopic (exact) mass is 291 g/mol. The number of fused-ring (bicyclic) bond motifs is 1. The SMILES string of the molecule is Cc1ccc2nc(-c3cc(Cl)ccc3Cl)c(N)n2c1. The molecule has 2 heterocycles. The zero-order valence-corrected chi connectivity index (χ0v) is 11.7. The molecule has 2 N–H and O–H groups in total. The van der Waals surface area contributed by atoms with Crippen LogP contribution in [-0.4, -0.2) is 9.38 Å².